The number of aromatic amines is 1. The van der Waals surface area contributed by atoms with Gasteiger partial charge in [-0.15, -0.1) is 10.2 Å². The van der Waals surface area contributed by atoms with Crippen molar-refractivity contribution in [2.24, 2.45) is 0 Å². The molecule has 0 unspecified atom stereocenters. The van der Waals surface area contributed by atoms with E-state index in [-0.39, 0.29) is 11.4 Å². The molecule has 1 N–H and O–H groups in total. The van der Waals surface area contributed by atoms with Crippen molar-refractivity contribution in [3.05, 3.63) is 106 Å². The average molecular weight is 458 g/mol. The van der Waals surface area contributed by atoms with Crippen molar-refractivity contribution in [1.29, 1.82) is 0 Å². The molecule has 5 aromatic rings. The SMILES string of the molecule is O=c1[nH]c(CCSc2nnc(-c3ccccc3F)n2Cc2ccccc2)nc2ccccc12. The Labute approximate surface area is 193 Å². The molecule has 5 rings (SSSR count). The van der Waals surface area contributed by atoms with Gasteiger partial charge in [-0.3, -0.25) is 9.36 Å². The summed E-state index contributed by atoms with van der Waals surface area (Å²) < 4.78 is 16.4. The van der Waals surface area contributed by atoms with E-state index in [9.17, 15) is 9.18 Å². The third-order valence-corrected chi connectivity index (χ3v) is 6.22. The van der Waals surface area contributed by atoms with Crippen LogP contribution in [-0.2, 0) is 13.0 Å². The Bertz CT molecular complexity index is 1460. The number of aromatic nitrogens is 5. The largest absolute Gasteiger partial charge is 0.310 e. The highest BCUT2D eigenvalue weighted by Crippen LogP contribution is 2.27. The number of H-pyrrole nitrogens is 1. The minimum atomic E-state index is -0.339. The number of nitrogens with one attached hydrogen (secondary N) is 1. The van der Waals surface area contributed by atoms with Gasteiger partial charge >= 0.3 is 0 Å². The Morgan fingerprint density at radius 3 is 2.52 bits per heavy atom. The Morgan fingerprint density at radius 1 is 0.909 bits per heavy atom. The lowest BCUT2D eigenvalue weighted by molar-refractivity contribution is 0.626. The third-order valence-electron chi connectivity index (χ3n) is 5.25. The van der Waals surface area contributed by atoms with Crippen molar-refractivity contribution in [3.63, 3.8) is 0 Å². The maximum Gasteiger partial charge on any atom is 0.258 e. The lowest BCUT2D eigenvalue weighted by Gasteiger charge is -2.11. The van der Waals surface area contributed by atoms with E-state index in [0.29, 0.717) is 52.0 Å². The number of para-hydroxylation sites is 1. The molecule has 0 aliphatic heterocycles. The first kappa shape index (κ1) is 21.1. The molecular weight excluding hydrogens is 437 g/mol. The molecule has 0 radical (unpaired) electrons. The molecular formula is C25H20FN5OS. The maximum atomic E-state index is 14.5. The first-order valence-electron chi connectivity index (χ1n) is 10.5. The molecule has 0 saturated heterocycles. The van der Waals surface area contributed by atoms with Crippen LogP contribution in [0.5, 0.6) is 0 Å². The van der Waals surface area contributed by atoms with Crippen LogP contribution in [0.15, 0.2) is 88.8 Å². The highest BCUT2D eigenvalue weighted by atomic mass is 32.2. The van der Waals surface area contributed by atoms with Crippen molar-refractivity contribution in [2.45, 2.75) is 18.1 Å². The van der Waals surface area contributed by atoms with E-state index in [4.69, 9.17) is 0 Å². The van der Waals surface area contributed by atoms with Gasteiger partial charge in [-0.25, -0.2) is 9.37 Å². The monoisotopic (exact) mass is 457 g/mol. The molecule has 0 atom stereocenters. The zero-order chi connectivity index (χ0) is 22.6. The fraction of sp³-hybridized carbons (Fsp3) is 0.120. The normalized spacial score (nSPS) is 11.2. The molecule has 6 nitrogen and oxygen atoms in total. The van der Waals surface area contributed by atoms with Gasteiger partial charge < -0.3 is 4.98 Å². The Balaban J connectivity index is 1.41. The number of benzene rings is 3. The van der Waals surface area contributed by atoms with Crippen molar-refractivity contribution in [3.8, 4) is 11.4 Å². The number of nitrogens with zero attached hydrogens (tertiary/aromatic N) is 4. The number of thioether (sulfide) groups is 1. The fourth-order valence-corrected chi connectivity index (χ4v) is 4.52. The standard InChI is InChI=1S/C25H20FN5OS/c26-20-12-6-4-10-18(20)23-29-30-25(31(23)16-17-8-2-1-3-9-17)33-15-14-22-27-21-13-7-5-11-19(21)24(32)28-22/h1-13H,14-16H2,(H,27,28,32). The van der Waals surface area contributed by atoms with Gasteiger partial charge in [-0.1, -0.05) is 66.4 Å². The number of rotatable bonds is 7. The molecule has 0 saturated carbocycles. The topological polar surface area (TPSA) is 76.5 Å². The Hall–Kier alpha value is -3.78. The minimum absolute atomic E-state index is 0.144. The van der Waals surface area contributed by atoms with E-state index in [1.54, 1.807) is 24.3 Å². The van der Waals surface area contributed by atoms with Crippen LogP contribution < -0.4 is 5.56 Å². The molecule has 164 valence electrons. The lowest BCUT2D eigenvalue weighted by atomic mass is 10.2. The van der Waals surface area contributed by atoms with Crippen LogP contribution in [0.3, 0.4) is 0 Å². The van der Waals surface area contributed by atoms with Gasteiger partial charge in [0.1, 0.15) is 11.6 Å². The summed E-state index contributed by atoms with van der Waals surface area (Å²) in [5.41, 5.74) is 2.01. The van der Waals surface area contributed by atoms with Gasteiger partial charge in [0, 0.05) is 12.2 Å². The van der Waals surface area contributed by atoms with Crippen molar-refractivity contribution in [1.82, 2.24) is 24.7 Å². The van der Waals surface area contributed by atoms with Gasteiger partial charge in [0.15, 0.2) is 11.0 Å². The van der Waals surface area contributed by atoms with Crippen LogP contribution >= 0.6 is 11.8 Å². The second kappa shape index (κ2) is 9.38. The molecule has 33 heavy (non-hydrogen) atoms. The molecule has 2 aromatic heterocycles. The van der Waals surface area contributed by atoms with Gasteiger partial charge in [0.05, 0.1) is 23.0 Å². The highest BCUT2D eigenvalue weighted by molar-refractivity contribution is 7.99. The number of fused-ring (bicyclic) bond motifs is 1. The number of halogens is 1. The molecule has 2 heterocycles. The van der Waals surface area contributed by atoms with Crippen molar-refractivity contribution in [2.75, 3.05) is 5.75 Å². The van der Waals surface area contributed by atoms with Crippen molar-refractivity contribution < 1.29 is 4.39 Å². The summed E-state index contributed by atoms with van der Waals surface area (Å²) in [5.74, 6) is 1.39. The van der Waals surface area contributed by atoms with Crippen LogP contribution in [0.2, 0.25) is 0 Å². The summed E-state index contributed by atoms with van der Waals surface area (Å²) in [5, 5.41) is 9.90. The first-order chi connectivity index (χ1) is 16.2. The summed E-state index contributed by atoms with van der Waals surface area (Å²) in [6, 6.07) is 23.8. The molecule has 0 spiro atoms. The molecule has 0 aliphatic carbocycles. The molecule has 3 aromatic carbocycles. The van der Waals surface area contributed by atoms with Gasteiger partial charge in [-0.2, -0.15) is 0 Å². The molecule has 8 heteroatoms. The van der Waals surface area contributed by atoms with Crippen LogP contribution in [0.1, 0.15) is 11.4 Å². The second-order valence-corrected chi connectivity index (χ2v) is 8.55. The minimum Gasteiger partial charge on any atom is -0.310 e. The van der Waals surface area contributed by atoms with Crippen LogP contribution in [-0.4, -0.2) is 30.5 Å². The summed E-state index contributed by atoms with van der Waals surface area (Å²) in [6.45, 7) is 0.519. The lowest BCUT2D eigenvalue weighted by Crippen LogP contribution is -2.12. The van der Waals surface area contributed by atoms with Crippen LogP contribution in [0.25, 0.3) is 22.3 Å². The van der Waals surface area contributed by atoms with E-state index in [1.807, 2.05) is 53.1 Å². The van der Waals surface area contributed by atoms with E-state index < -0.39 is 0 Å². The predicted molar refractivity (Wildman–Crippen MR) is 128 cm³/mol. The summed E-state index contributed by atoms with van der Waals surface area (Å²) in [7, 11) is 0. The molecule has 0 bridgehead atoms. The van der Waals surface area contributed by atoms with Gasteiger partial charge in [0.25, 0.3) is 5.56 Å². The summed E-state index contributed by atoms with van der Waals surface area (Å²) in [6.07, 6.45) is 0.554. The second-order valence-electron chi connectivity index (χ2n) is 7.49. The van der Waals surface area contributed by atoms with Gasteiger partial charge in [0.2, 0.25) is 0 Å². The van der Waals surface area contributed by atoms with E-state index in [1.165, 1.54) is 17.8 Å². The zero-order valence-electron chi connectivity index (χ0n) is 17.6. The summed E-state index contributed by atoms with van der Waals surface area (Å²) >= 11 is 1.50. The third kappa shape index (κ3) is 4.56. The highest BCUT2D eigenvalue weighted by Gasteiger charge is 2.17. The molecule has 0 fully saturated rings. The predicted octanol–water partition coefficient (Wildman–Crippen LogP) is 4.70. The van der Waals surface area contributed by atoms with Gasteiger partial charge in [-0.05, 0) is 29.8 Å². The molecule has 0 aliphatic rings. The number of hydrogen-bond acceptors (Lipinski definition) is 5. The van der Waals surface area contributed by atoms with E-state index in [0.717, 1.165) is 5.56 Å². The number of hydrogen-bond donors (Lipinski definition) is 1. The first-order valence-corrected chi connectivity index (χ1v) is 11.5. The average Bonchev–Trinajstić information content (AvgIpc) is 3.22. The maximum absolute atomic E-state index is 14.5. The fourth-order valence-electron chi connectivity index (χ4n) is 3.64. The number of aryl methyl sites for hydroxylation is 1. The van der Waals surface area contributed by atoms with Crippen LogP contribution in [0.4, 0.5) is 4.39 Å². The van der Waals surface area contributed by atoms with E-state index in [2.05, 4.69) is 20.2 Å². The smallest absolute Gasteiger partial charge is 0.258 e. The Kier molecular flexibility index (Phi) is 5.99. The zero-order valence-corrected chi connectivity index (χ0v) is 18.4. The quantitative estimate of drug-likeness (QED) is 0.359. The van der Waals surface area contributed by atoms with E-state index >= 15 is 0 Å². The van der Waals surface area contributed by atoms with Crippen LogP contribution in [0, 0.1) is 5.82 Å². The Morgan fingerprint density at radius 2 is 1.67 bits per heavy atom. The van der Waals surface area contributed by atoms with Crippen molar-refractivity contribution >= 4 is 22.7 Å². The summed E-state index contributed by atoms with van der Waals surface area (Å²) in [4.78, 5) is 19.7. The molecule has 0 amide bonds.